The minimum Gasteiger partial charge on any atom is -0.480 e. The molecule has 8 heteroatoms. The summed E-state index contributed by atoms with van der Waals surface area (Å²) in [5, 5.41) is 13.1. The number of carbonyl (C=O) groups is 4. The molecular weight excluding hydrogens is 242 g/mol. The number of urea groups is 1. The van der Waals surface area contributed by atoms with Gasteiger partial charge in [0.2, 0.25) is 11.8 Å². The molecule has 1 aliphatic heterocycles. The van der Waals surface area contributed by atoms with Gasteiger partial charge >= 0.3 is 12.0 Å². The summed E-state index contributed by atoms with van der Waals surface area (Å²) in [6, 6.07) is -1.42. The van der Waals surface area contributed by atoms with Gasteiger partial charge in [0.05, 0.1) is 0 Å². The zero-order valence-corrected chi connectivity index (χ0v) is 9.93. The van der Waals surface area contributed by atoms with Gasteiger partial charge in [-0.1, -0.05) is 0 Å². The summed E-state index contributed by atoms with van der Waals surface area (Å²) in [5.74, 6) is -2.07. The van der Waals surface area contributed by atoms with E-state index in [4.69, 9.17) is 5.11 Å². The highest BCUT2D eigenvalue weighted by Gasteiger charge is 2.29. The van der Waals surface area contributed by atoms with Gasteiger partial charge in [-0.3, -0.25) is 19.7 Å². The molecule has 100 valence electrons. The van der Waals surface area contributed by atoms with Gasteiger partial charge in [0.15, 0.2) is 0 Å². The number of hydrogen-bond donors (Lipinski definition) is 3. The van der Waals surface area contributed by atoms with Gasteiger partial charge in [-0.25, -0.2) is 4.79 Å². The number of imide groups is 1. The van der Waals surface area contributed by atoms with Crippen LogP contribution < -0.4 is 10.6 Å². The molecule has 0 aliphatic carbocycles. The van der Waals surface area contributed by atoms with Crippen molar-refractivity contribution in [1.29, 1.82) is 0 Å². The zero-order chi connectivity index (χ0) is 13.7. The molecule has 0 spiro atoms. The Morgan fingerprint density at radius 3 is 2.67 bits per heavy atom. The molecular formula is C10H15N3O5. The molecule has 3 N–H and O–H groups in total. The summed E-state index contributed by atoms with van der Waals surface area (Å²) in [7, 11) is 0. The van der Waals surface area contributed by atoms with Gasteiger partial charge in [-0.2, -0.15) is 0 Å². The van der Waals surface area contributed by atoms with Crippen LogP contribution in [0, 0.1) is 0 Å². The average molecular weight is 257 g/mol. The average Bonchev–Trinajstić information content (AvgIpc) is 2.29. The van der Waals surface area contributed by atoms with Crippen LogP contribution in [0.2, 0.25) is 0 Å². The number of likely N-dealkylation sites (N-methyl/N-ethyl adjacent to an activating group) is 1. The number of amides is 4. The van der Waals surface area contributed by atoms with Crippen LogP contribution in [0.3, 0.4) is 0 Å². The topological polar surface area (TPSA) is 116 Å². The minimum absolute atomic E-state index is 0.155. The maximum Gasteiger partial charge on any atom is 0.323 e. The second kappa shape index (κ2) is 5.99. The molecule has 0 saturated carbocycles. The number of hydrogen-bond acceptors (Lipinski definition) is 4. The first kappa shape index (κ1) is 13.9. The Kier molecular flexibility index (Phi) is 4.64. The SMILES string of the molecule is CCN(CC(=O)O)C(=O)NC1CCC(=O)NC1=O. The van der Waals surface area contributed by atoms with Gasteiger partial charge in [-0.15, -0.1) is 0 Å². The first-order valence-corrected chi connectivity index (χ1v) is 5.55. The number of carboxylic acid groups (broad SMARTS) is 1. The molecule has 0 aromatic rings. The molecule has 1 aliphatic rings. The molecule has 0 aromatic heterocycles. The normalized spacial score (nSPS) is 19.1. The third-order valence-electron chi connectivity index (χ3n) is 2.53. The van der Waals surface area contributed by atoms with Gasteiger partial charge in [0.1, 0.15) is 12.6 Å². The van der Waals surface area contributed by atoms with Gasteiger partial charge < -0.3 is 15.3 Å². The van der Waals surface area contributed by atoms with E-state index in [1.165, 1.54) is 0 Å². The van der Waals surface area contributed by atoms with Crippen LogP contribution in [0.5, 0.6) is 0 Å². The maximum absolute atomic E-state index is 11.7. The monoisotopic (exact) mass is 257 g/mol. The van der Waals surface area contributed by atoms with Crippen LogP contribution in [-0.4, -0.2) is 53.0 Å². The zero-order valence-electron chi connectivity index (χ0n) is 9.93. The lowest BCUT2D eigenvalue weighted by Crippen LogP contribution is -2.55. The van der Waals surface area contributed by atoms with E-state index in [2.05, 4.69) is 10.6 Å². The Hall–Kier alpha value is -2.12. The van der Waals surface area contributed by atoms with E-state index >= 15 is 0 Å². The van der Waals surface area contributed by atoms with Crippen molar-refractivity contribution in [2.75, 3.05) is 13.1 Å². The number of carbonyl (C=O) groups excluding carboxylic acids is 3. The highest BCUT2D eigenvalue weighted by Crippen LogP contribution is 2.05. The fraction of sp³-hybridized carbons (Fsp3) is 0.600. The van der Waals surface area contributed by atoms with Crippen LogP contribution in [0.1, 0.15) is 19.8 Å². The van der Waals surface area contributed by atoms with Crippen LogP contribution in [-0.2, 0) is 14.4 Å². The highest BCUT2D eigenvalue weighted by atomic mass is 16.4. The number of aliphatic carboxylic acids is 1. The van der Waals surface area contributed by atoms with Crippen LogP contribution >= 0.6 is 0 Å². The molecule has 0 bridgehead atoms. The Morgan fingerprint density at radius 2 is 2.17 bits per heavy atom. The molecule has 1 atom stereocenters. The van der Waals surface area contributed by atoms with Crippen molar-refractivity contribution < 1.29 is 24.3 Å². The molecule has 1 saturated heterocycles. The molecule has 1 heterocycles. The predicted molar refractivity (Wildman–Crippen MR) is 59.6 cm³/mol. The van der Waals surface area contributed by atoms with Crippen molar-refractivity contribution in [1.82, 2.24) is 15.5 Å². The lowest BCUT2D eigenvalue weighted by Gasteiger charge is -2.25. The Morgan fingerprint density at radius 1 is 1.50 bits per heavy atom. The lowest BCUT2D eigenvalue weighted by atomic mass is 10.1. The van der Waals surface area contributed by atoms with Crippen molar-refractivity contribution in [2.45, 2.75) is 25.8 Å². The smallest absolute Gasteiger partial charge is 0.323 e. The Balaban J connectivity index is 2.55. The van der Waals surface area contributed by atoms with Crippen molar-refractivity contribution >= 4 is 23.8 Å². The molecule has 8 nitrogen and oxygen atoms in total. The molecule has 18 heavy (non-hydrogen) atoms. The second-order valence-electron chi connectivity index (χ2n) is 3.86. The molecule has 0 aromatic carbocycles. The summed E-state index contributed by atoms with van der Waals surface area (Å²) in [6.07, 6.45) is 0.378. The molecule has 1 rings (SSSR count). The molecule has 1 unspecified atom stereocenters. The molecule has 1 fully saturated rings. The van der Waals surface area contributed by atoms with Crippen LogP contribution in [0.25, 0.3) is 0 Å². The van der Waals surface area contributed by atoms with Crippen molar-refractivity contribution in [3.05, 3.63) is 0 Å². The maximum atomic E-state index is 11.7. The molecule has 0 radical (unpaired) electrons. The largest absolute Gasteiger partial charge is 0.480 e. The number of carboxylic acids is 1. The van der Waals surface area contributed by atoms with E-state index in [1.807, 2.05) is 0 Å². The Bertz CT molecular complexity index is 382. The fourth-order valence-corrected chi connectivity index (χ4v) is 1.56. The van der Waals surface area contributed by atoms with E-state index in [0.717, 1.165) is 4.90 Å². The van der Waals surface area contributed by atoms with E-state index in [-0.39, 0.29) is 25.3 Å². The van der Waals surface area contributed by atoms with Crippen molar-refractivity contribution in [3.63, 3.8) is 0 Å². The first-order valence-electron chi connectivity index (χ1n) is 5.55. The van der Waals surface area contributed by atoms with Crippen molar-refractivity contribution in [3.8, 4) is 0 Å². The van der Waals surface area contributed by atoms with Crippen molar-refractivity contribution in [2.24, 2.45) is 0 Å². The van der Waals surface area contributed by atoms with E-state index < -0.39 is 30.5 Å². The molecule has 4 amide bonds. The number of piperidine rings is 1. The van der Waals surface area contributed by atoms with Crippen LogP contribution in [0.4, 0.5) is 4.79 Å². The summed E-state index contributed by atoms with van der Waals surface area (Å²) >= 11 is 0. The minimum atomic E-state index is -1.13. The summed E-state index contributed by atoms with van der Waals surface area (Å²) in [4.78, 5) is 45.6. The number of nitrogens with zero attached hydrogens (tertiary/aromatic N) is 1. The number of nitrogens with one attached hydrogen (secondary N) is 2. The van der Waals surface area contributed by atoms with E-state index in [9.17, 15) is 19.2 Å². The van der Waals surface area contributed by atoms with Crippen LogP contribution in [0.15, 0.2) is 0 Å². The summed E-state index contributed by atoms with van der Waals surface area (Å²) < 4.78 is 0. The second-order valence-corrected chi connectivity index (χ2v) is 3.86. The number of rotatable bonds is 4. The third-order valence-corrected chi connectivity index (χ3v) is 2.53. The quantitative estimate of drug-likeness (QED) is 0.553. The highest BCUT2D eigenvalue weighted by molar-refractivity contribution is 6.01. The Labute approximate surface area is 103 Å². The predicted octanol–water partition coefficient (Wildman–Crippen LogP) is -1.09. The first-order chi connectivity index (χ1) is 8.43. The van der Waals surface area contributed by atoms with Gasteiger partial charge in [0, 0.05) is 13.0 Å². The van der Waals surface area contributed by atoms with E-state index in [1.54, 1.807) is 6.92 Å². The third kappa shape index (κ3) is 3.72. The van der Waals surface area contributed by atoms with E-state index in [0.29, 0.717) is 0 Å². The summed E-state index contributed by atoms with van der Waals surface area (Å²) in [6.45, 7) is 1.41. The summed E-state index contributed by atoms with van der Waals surface area (Å²) in [5.41, 5.74) is 0. The lowest BCUT2D eigenvalue weighted by molar-refractivity contribution is -0.137. The van der Waals surface area contributed by atoms with Gasteiger partial charge in [0.25, 0.3) is 0 Å². The van der Waals surface area contributed by atoms with Gasteiger partial charge in [-0.05, 0) is 13.3 Å². The standard InChI is InChI=1S/C10H15N3O5/c1-2-13(5-8(15)16)10(18)11-6-3-4-7(14)12-9(6)17/h6H,2-5H2,1H3,(H,11,18)(H,15,16)(H,12,14,17). The fourth-order valence-electron chi connectivity index (χ4n) is 1.56.